The van der Waals surface area contributed by atoms with E-state index in [0.717, 1.165) is 42.4 Å². The van der Waals surface area contributed by atoms with Crippen LogP contribution in [0.25, 0.3) is 10.8 Å². The smallest absolute Gasteiger partial charge is 0.387 e. The van der Waals surface area contributed by atoms with Crippen LogP contribution in [0.3, 0.4) is 0 Å². The second kappa shape index (κ2) is 9.16. The number of nitrogens with one attached hydrogen (secondary N) is 1. The molecule has 3 aromatic rings. The van der Waals surface area contributed by atoms with Crippen molar-refractivity contribution in [3.63, 3.8) is 0 Å². The monoisotopic (exact) mass is 427 g/mol. The largest absolute Gasteiger partial charge is 0.493 e. The molecule has 0 spiro atoms. The highest BCUT2D eigenvalue weighted by atomic mass is 19.3. The molecule has 162 valence electrons. The van der Waals surface area contributed by atoms with E-state index >= 15 is 0 Å². The molecule has 0 bridgehead atoms. The Hall–Kier alpha value is -3.42. The van der Waals surface area contributed by atoms with E-state index in [2.05, 4.69) is 19.9 Å². The van der Waals surface area contributed by atoms with Crippen molar-refractivity contribution < 1.29 is 23.0 Å². The van der Waals surface area contributed by atoms with Crippen LogP contribution in [0, 0.1) is 0 Å². The molecule has 2 heterocycles. The van der Waals surface area contributed by atoms with Gasteiger partial charge in [-0.2, -0.15) is 8.78 Å². The normalized spacial score (nSPS) is 14.0. The molecule has 0 saturated carbocycles. The number of fused-ring (bicyclic) bond motifs is 1. The maximum Gasteiger partial charge on any atom is 0.387 e. The van der Waals surface area contributed by atoms with E-state index in [4.69, 9.17) is 4.74 Å². The van der Waals surface area contributed by atoms with E-state index < -0.39 is 12.5 Å². The summed E-state index contributed by atoms with van der Waals surface area (Å²) in [5, 5.41) is 4.69. The first-order valence-electron chi connectivity index (χ1n) is 10.1. The summed E-state index contributed by atoms with van der Waals surface area (Å²) >= 11 is 0. The highest BCUT2D eigenvalue weighted by Gasteiger charge is 2.18. The molecule has 1 aliphatic heterocycles. The van der Waals surface area contributed by atoms with Crippen LogP contribution in [-0.4, -0.2) is 37.7 Å². The molecular weight excluding hydrogens is 404 g/mol. The van der Waals surface area contributed by atoms with Gasteiger partial charge in [-0.25, -0.2) is 0 Å². The number of piperidine rings is 1. The summed E-state index contributed by atoms with van der Waals surface area (Å²) in [4.78, 5) is 19.4. The number of halogens is 2. The summed E-state index contributed by atoms with van der Waals surface area (Å²) in [5.41, 5.74) is 1.89. The topological polar surface area (TPSA) is 63.7 Å². The predicted molar refractivity (Wildman–Crippen MR) is 115 cm³/mol. The van der Waals surface area contributed by atoms with E-state index in [-0.39, 0.29) is 17.1 Å². The Bertz CT molecular complexity index is 1080. The number of carbonyl (C=O) groups excluding carboxylic acids is 1. The summed E-state index contributed by atoms with van der Waals surface area (Å²) in [7, 11) is 1.34. The molecule has 1 aliphatic rings. The van der Waals surface area contributed by atoms with Crippen LogP contribution >= 0.6 is 0 Å². The number of carbonyl (C=O) groups is 1. The first kappa shape index (κ1) is 20.8. The zero-order valence-electron chi connectivity index (χ0n) is 17.1. The first-order chi connectivity index (χ1) is 15.1. The number of hydrogen-bond acceptors (Lipinski definition) is 5. The highest BCUT2D eigenvalue weighted by Crippen LogP contribution is 2.34. The van der Waals surface area contributed by atoms with Gasteiger partial charge in [0.05, 0.1) is 12.8 Å². The van der Waals surface area contributed by atoms with Gasteiger partial charge in [0.2, 0.25) is 0 Å². The van der Waals surface area contributed by atoms with Crippen LogP contribution in [-0.2, 0) is 0 Å². The van der Waals surface area contributed by atoms with E-state index in [9.17, 15) is 13.6 Å². The van der Waals surface area contributed by atoms with Crippen molar-refractivity contribution in [1.82, 2.24) is 4.98 Å². The van der Waals surface area contributed by atoms with Crippen LogP contribution in [0.1, 0.15) is 29.6 Å². The Morgan fingerprint density at radius 2 is 1.87 bits per heavy atom. The van der Waals surface area contributed by atoms with Crippen molar-refractivity contribution in [3.8, 4) is 11.5 Å². The molecule has 0 radical (unpaired) electrons. The minimum absolute atomic E-state index is 0.123. The number of nitrogens with zero attached hydrogens (tertiary/aromatic N) is 2. The van der Waals surface area contributed by atoms with Crippen LogP contribution in [0.2, 0.25) is 0 Å². The Labute approximate surface area is 178 Å². The Morgan fingerprint density at radius 3 is 2.61 bits per heavy atom. The fraction of sp³-hybridized carbons (Fsp3) is 0.304. The first-order valence-corrected chi connectivity index (χ1v) is 10.1. The molecule has 31 heavy (non-hydrogen) atoms. The molecule has 2 aromatic carbocycles. The van der Waals surface area contributed by atoms with Crippen molar-refractivity contribution in [2.24, 2.45) is 0 Å². The summed E-state index contributed by atoms with van der Waals surface area (Å²) in [6.45, 7) is -1.02. The number of ether oxygens (including phenoxy) is 2. The van der Waals surface area contributed by atoms with Gasteiger partial charge in [0, 0.05) is 47.5 Å². The molecule has 1 N–H and O–H groups in total. The van der Waals surface area contributed by atoms with Gasteiger partial charge in [-0.15, -0.1) is 0 Å². The lowest BCUT2D eigenvalue weighted by Gasteiger charge is -2.30. The number of aromatic nitrogens is 1. The lowest BCUT2D eigenvalue weighted by molar-refractivity contribution is -0.0512. The third kappa shape index (κ3) is 4.52. The average molecular weight is 427 g/mol. The number of benzene rings is 2. The van der Waals surface area contributed by atoms with Crippen molar-refractivity contribution >= 4 is 28.1 Å². The number of alkyl halides is 2. The maximum atomic E-state index is 12.9. The van der Waals surface area contributed by atoms with Gasteiger partial charge in [-0.1, -0.05) is 0 Å². The highest BCUT2D eigenvalue weighted by molar-refractivity contribution is 6.11. The summed E-state index contributed by atoms with van der Waals surface area (Å²) in [6, 6.07) is 9.95. The zero-order valence-corrected chi connectivity index (χ0v) is 17.1. The van der Waals surface area contributed by atoms with Crippen molar-refractivity contribution in [3.05, 3.63) is 54.4 Å². The molecule has 8 heteroatoms. The molecule has 0 atom stereocenters. The van der Waals surface area contributed by atoms with Crippen LogP contribution in [0.4, 0.5) is 20.2 Å². The lowest BCUT2D eigenvalue weighted by atomic mass is 10.0. The van der Waals surface area contributed by atoms with Gasteiger partial charge >= 0.3 is 6.61 Å². The quantitative estimate of drug-likeness (QED) is 0.594. The van der Waals surface area contributed by atoms with E-state index in [1.54, 1.807) is 12.4 Å². The van der Waals surface area contributed by atoms with Gasteiger partial charge in [-0.05, 0) is 55.7 Å². The van der Waals surface area contributed by atoms with Gasteiger partial charge in [0.1, 0.15) is 0 Å². The number of amides is 1. The number of hydrogen-bond donors (Lipinski definition) is 1. The van der Waals surface area contributed by atoms with E-state index in [1.165, 1.54) is 31.7 Å². The second-order valence-electron chi connectivity index (χ2n) is 7.30. The molecule has 6 nitrogen and oxygen atoms in total. The lowest BCUT2D eigenvalue weighted by Crippen LogP contribution is -2.29. The van der Waals surface area contributed by atoms with Gasteiger partial charge in [0.25, 0.3) is 5.91 Å². The van der Waals surface area contributed by atoms with Crippen molar-refractivity contribution in [2.75, 3.05) is 30.4 Å². The fourth-order valence-corrected chi connectivity index (χ4v) is 3.89. The third-order valence-electron chi connectivity index (χ3n) is 5.38. The zero-order chi connectivity index (χ0) is 21.8. The molecule has 1 fully saturated rings. The second-order valence-corrected chi connectivity index (χ2v) is 7.30. The summed E-state index contributed by atoms with van der Waals surface area (Å²) < 4.78 is 34.9. The standard InChI is InChI=1S/C23H23F2N3O3/c1-30-20-8-5-15(13-21(20)31-23(24)25)22(29)27-18-6-7-19(28-11-3-2-4-12-28)16-9-10-26-14-17(16)18/h5-10,13-14,23H,2-4,11-12H2,1H3,(H,27,29). The molecular formula is C23H23F2N3O3. The molecule has 1 amide bonds. The van der Waals surface area contributed by atoms with E-state index in [1.807, 2.05) is 18.2 Å². The molecule has 0 aliphatic carbocycles. The van der Waals surface area contributed by atoms with Crippen LogP contribution in [0.15, 0.2) is 48.8 Å². The van der Waals surface area contributed by atoms with Crippen molar-refractivity contribution in [2.45, 2.75) is 25.9 Å². The molecule has 0 unspecified atom stereocenters. The molecule has 1 saturated heterocycles. The van der Waals surface area contributed by atoms with Gasteiger partial charge in [0.15, 0.2) is 11.5 Å². The summed E-state index contributed by atoms with van der Waals surface area (Å²) in [5.74, 6) is -0.521. The number of rotatable bonds is 6. The molecule has 4 rings (SSSR count). The Morgan fingerprint density at radius 1 is 1.06 bits per heavy atom. The average Bonchev–Trinajstić information content (AvgIpc) is 2.79. The van der Waals surface area contributed by atoms with Crippen LogP contribution < -0.4 is 19.7 Å². The van der Waals surface area contributed by atoms with Gasteiger partial charge < -0.3 is 19.7 Å². The summed E-state index contributed by atoms with van der Waals surface area (Å²) in [6.07, 6.45) is 7.01. The maximum absolute atomic E-state index is 12.9. The van der Waals surface area contributed by atoms with E-state index in [0.29, 0.717) is 5.69 Å². The minimum Gasteiger partial charge on any atom is -0.493 e. The fourth-order valence-electron chi connectivity index (χ4n) is 3.89. The Balaban J connectivity index is 1.64. The SMILES string of the molecule is COc1ccc(C(=O)Nc2ccc(N3CCCCC3)c3ccncc23)cc1OC(F)F. The predicted octanol–water partition coefficient (Wildman–Crippen LogP) is 5.09. The van der Waals surface area contributed by atoms with Crippen LogP contribution in [0.5, 0.6) is 11.5 Å². The number of anilines is 2. The Kier molecular flexibility index (Phi) is 6.16. The minimum atomic E-state index is -3.02. The number of pyridine rings is 1. The third-order valence-corrected chi connectivity index (χ3v) is 5.38. The van der Waals surface area contributed by atoms with Gasteiger partial charge in [-0.3, -0.25) is 9.78 Å². The molecule has 1 aromatic heterocycles. The number of methoxy groups -OCH3 is 1. The van der Waals surface area contributed by atoms with Crippen molar-refractivity contribution in [1.29, 1.82) is 0 Å².